The highest BCUT2D eigenvalue weighted by molar-refractivity contribution is 6.24. The average Bonchev–Trinajstić information content (AvgIpc) is 1.63. The summed E-state index contributed by atoms with van der Waals surface area (Å²) in [4.78, 5) is 206. The molecule has 664 valence electrons. The van der Waals surface area contributed by atoms with Gasteiger partial charge in [-0.3, -0.25) is 38.4 Å². The van der Waals surface area contributed by atoms with E-state index in [0.717, 1.165) is 45.6 Å². The van der Waals surface area contributed by atoms with Crippen molar-refractivity contribution in [1.29, 1.82) is 0 Å². The Morgan fingerprint density at radius 2 is 0.570 bits per heavy atom. The molecule has 0 bridgehead atoms. The number of ether oxygens (including phenoxy) is 3. The Morgan fingerprint density at radius 3 is 0.805 bits per heavy atom. The minimum atomic E-state index is -1.18. The standard InChI is InChI=1S/C26H23N3O5.C25H29N3O5.C23H25N3O5.C22H23N3O5/c1-34-25(32)22(16-18-10-4-2-5-11-18)27-26(33)28(17-19-12-6-3-7-13-19)29-23(30)20-14-8-9-15-21(20)24(29)31;1-16(2)20(23(31)33-25(3,4)5)26-24(32)27(15-17-11-7-6-8-12-17)28-21(29)18-13-9-10-14-19(18)22(28)30;1-15(2)13-19(22(29)31-3)24-23(30)25(14-16-9-5-4-6-10-16)26-20(27)17-11-7-8-12-18(17)21(26)28;1-3-14(2)18(21(28)29)23-22(30)24(13-15-9-5-4-6-10-15)25-19(26)16-11-7-8-12-17(16)20(25)27/h2-15,22H,16-17H2,1H3,(H,27,33);6-14,16,20H,15H2,1-5H3,(H,26,32);4-12,15,19H,13-14H2,1-3H3,(H,24,30);4-12,14,18H,3,13H2,1-2H3,(H,23,30)(H,28,29)/t22-;20-;19-;14?,18-/m0000/s1. The van der Waals surface area contributed by atoms with Gasteiger partial charge in [0.25, 0.3) is 47.3 Å². The van der Waals surface area contributed by atoms with Gasteiger partial charge in [0.15, 0.2) is 0 Å². The van der Waals surface area contributed by atoms with Gasteiger partial charge in [0, 0.05) is 6.42 Å². The summed E-state index contributed by atoms with van der Waals surface area (Å²) >= 11 is 0. The van der Waals surface area contributed by atoms with E-state index in [1.165, 1.54) is 26.4 Å². The predicted molar refractivity (Wildman–Crippen MR) is 466 cm³/mol. The van der Waals surface area contributed by atoms with Crippen LogP contribution in [0.25, 0.3) is 0 Å². The van der Waals surface area contributed by atoms with Crippen LogP contribution in [0.1, 0.15) is 186 Å². The van der Waals surface area contributed by atoms with E-state index < -0.39 is 125 Å². The lowest BCUT2D eigenvalue weighted by Crippen LogP contribution is -2.57. The number of carboxylic acid groups (broad SMARTS) is 1. The number of amides is 16. The lowest BCUT2D eigenvalue weighted by Gasteiger charge is -2.33. The fourth-order valence-corrected chi connectivity index (χ4v) is 14.0. The highest BCUT2D eigenvalue weighted by atomic mass is 16.6. The summed E-state index contributed by atoms with van der Waals surface area (Å²) in [5.41, 5.74) is 4.61. The molecule has 9 aromatic carbocycles. The molecule has 4 aliphatic heterocycles. The number of carboxylic acids is 1. The van der Waals surface area contributed by atoms with Gasteiger partial charge in [0.2, 0.25) is 0 Å². The molecule has 1 unspecified atom stereocenters. The quantitative estimate of drug-likeness (QED) is 0.0181. The van der Waals surface area contributed by atoms with Gasteiger partial charge in [-0.1, -0.05) is 248 Å². The van der Waals surface area contributed by atoms with Gasteiger partial charge in [0.05, 0.1) is 84.9 Å². The molecule has 0 saturated carbocycles. The Balaban J connectivity index is 0.000000178. The van der Waals surface area contributed by atoms with Crippen LogP contribution in [0.15, 0.2) is 249 Å². The normalized spacial score (nSPS) is 14.0. The minimum Gasteiger partial charge on any atom is -0.480 e. The molecule has 32 nitrogen and oxygen atoms in total. The first kappa shape index (κ1) is 94.7. The van der Waals surface area contributed by atoms with Crippen LogP contribution >= 0.6 is 0 Å². The van der Waals surface area contributed by atoms with Crippen molar-refractivity contribution in [2.45, 2.75) is 138 Å². The number of carbonyl (C=O) groups excluding carboxylic acids is 15. The first-order chi connectivity index (χ1) is 61.2. The van der Waals surface area contributed by atoms with Gasteiger partial charge in [0.1, 0.15) is 29.8 Å². The number of esters is 3. The van der Waals surface area contributed by atoms with Crippen LogP contribution in [0.5, 0.6) is 0 Å². The number of benzene rings is 9. The number of hydrogen-bond acceptors (Lipinski definition) is 19. The van der Waals surface area contributed by atoms with Gasteiger partial charge in [-0.2, -0.15) is 20.0 Å². The summed E-state index contributed by atoms with van der Waals surface area (Å²) in [6.07, 6.45) is 1.06. The molecule has 0 aromatic heterocycles. The van der Waals surface area contributed by atoms with Crippen LogP contribution in [-0.2, 0) is 66.0 Å². The van der Waals surface area contributed by atoms with Crippen molar-refractivity contribution in [3.05, 3.63) is 321 Å². The number of carbonyl (C=O) groups is 16. The maximum Gasteiger partial charge on any atom is 0.337 e. The number of nitrogens with zero attached hydrogens (tertiary/aromatic N) is 8. The van der Waals surface area contributed by atoms with Crippen LogP contribution in [0, 0.1) is 17.8 Å². The second-order valence-corrected chi connectivity index (χ2v) is 31.8. The number of hydrazine groups is 4. The van der Waals surface area contributed by atoms with E-state index in [9.17, 15) is 81.8 Å². The number of rotatable bonds is 27. The summed E-state index contributed by atoms with van der Waals surface area (Å²) in [6.45, 7) is 15.9. The third-order valence-electron chi connectivity index (χ3n) is 20.6. The molecule has 32 heteroatoms. The maximum absolute atomic E-state index is 13.5. The Kier molecular flexibility index (Phi) is 32.0. The van der Waals surface area contributed by atoms with Gasteiger partial charge in [-0.05, 0) is 121 Å². The van der Waals surface area contributed by atoms with Crippen molar-refractivity contribution in [1.82, 2.24) is 61.3 Å². The fourth-order valence-electron chi connectivity index (χ4n) is 14.0. The first-order valence-corrected chi connectivity index (χ1v) is 41.2. The molecule has 0 fully saturated rings. The number of imide groups is 4. The van der Waals surface area contributed by atoms with E-state index in [1.54, 1.807) is 230 Å². The smallest absolute Gasteiger partial charge is 0.337 e. The topological polar surface area (TPSA) is 395 Å². The Bertz CT molecular complexity index is 5460. The molecule has 128 heavy (non-hydrogen) atoms. The van der Waals surface area contributed by atoms with E-state index in [4.69, 9.17) is 14.2 Å². The summed E-state index contributed by atoms with van der Waals surface area (Å²) < 4.78 is 15.2. The molecule has 0 saturated heterocycles. The Labute approximate surface area is 739 Å². The number of aliphatic carboxylic acids is 1. The lowest BCUT2D eigenvalue weighted by atomic mass is 9.99. The van der Waals surface area contributed by atoms with E-state index >= 15 is 0 Å². The van der Waals surface area contributed by atoms with Crippen LogP contribution in [0.4, 0.5) is 19.2 Å². The first-order valence-electron chi connectivity index (χ1n) is 41.2. The summed E-state index contributed by atoms with van der Waals surface area (Å²) in [6, 6.07) is 63.3. The van der Waals surface area contributed by atoms with Crippen molar-refractivity contribution in [3.8, 4) is 0 Å². The van der Waals surface area contributed by atoms with Crippen LogP contribution in [0.3, 0.4) is 0 Å². The molecule has 0 spiro atoms. The highest BCUT2D eigenvalue weighted by Crippen LogP contribution is 2.32. The highest BCUT2D eigenvalue weighted by Gasteiger charge is 2.48. The number of hydrogen-bond donors (Lipinski definition) is 5. The second kappa shape index (κ2) is 43.2. The zero-order chi connectivity index (χ0) is 92.8. The summed E-state index contributed by atoms with van der Waals surface area (Å²) in [5, 5.41) is 27.3. The molecule has 5 N–H and O–H groups in total. The predicted octanol–water partition coefficient (Wildman–Crippen LogP) is 12.9. The molecule has 13 rings (SSSR count). The third kappa shape index (κ3) is 23.1. The van der Waals surface area contributed by atoms with Crippen molar-refractivity contribution in [2.75, 3.05) is 14.2 Å². The molecular weight excluding hydrogens is 1640 g/mol. The Hall–Kier alpha value is -15.5. The average molecular weight is 1740 g/mol. The third-order valence-corrected chi connectivity index (χ3v) is 20.6. The zero-order valence-electron chi connectivity index (χ0n) is 72.4. The summed E-state index contributed by atoms with van der Waals surface area (Å²) in [5.74, 6) is -8.38. The molecule has 4 heterocycles. The molecule has 16 amide bonds. The SMILES string of the molecule is CC(C)[C@H](NC(=O)N(Cc1ccccc1)N1C(=O)c2ccccc2C1=O)C(=O)OC(C)(C)C.CCC(C)[C@H](NC(=O)N(Cc1ccccc1)N1C(=O)c2ccccc2C1=O)C(=O)O.COC(=O)[C@H](CC(C)C)NC(=O)N(Cc1ccccc1)N1C(=O)c2ccccc2C1=O.COC(=O)[C@H](Cc1ccccc1)NC(=O)N(Cc1ccccc1)N1C(=O)c2ccccc2C1=O. The van der Waals surface area contributed by atoms with Gasteiger partial charge in [-0.15, -0.1) is 0 Å². The lowest BCUT2D eigenvalue weighted by molar-refractivity contribution is -0.158. The van der Waals surface area contributed by atoms with Gasteiger partial charge in [-0.25, -0.2) is 58.4 Å². The van der Waals surface area contributed by atoms with Crippen molar-refractivity contribution in [3.63, 3.8) is 0 Å². The van der Waals surface area contributed by atoms with Crippen molar-refractivity contribution in [2.24, 2.45) is 17.8 Å². The van der Waals surface area contributed by atoms with E-state index in [-0.39, 0.29) is 94.9 Å². The zero-order valence-corrected chi connectivity index (χ0v) is 72.4. The van der Waals surface area contributed by atoms with Gasteiger partial charge < -0.3 is 40.6 Å². The van der Waals surface area contributed by atoms with Crippen LogP contribution in [0.2, 0.25) is 0 Å². The number of nitrogens with one attached hydrogen (secondary N) is 4. The molecule has 0 radical (unpaired) electrons. The number of urea groups is 4. The van der Waals surface area contributed by atoms with Crippen LogP contribution in [-0.4, -0.2) is 184 Å². The van der Waals surface area contributed by atoms with E-state index in [1.807, 2.05) is 69.3 Å². The molecule has 4 aliphatic rings. The second-order valence-electron chi connectivity index (χ2n) is 31.8. The van der Waals surface area contributed by atoms with Crippen molar-refractivity contribution < 1.29 is 96.0 Å². The molecular formula is C96H100N12O20. The molecule has 9 aromatic rings. The maximum atomic E-state index is 13.5. The molecule has 5 atom stereocenters. The fraction of sp³-hybridized carbons (Fsp3) is 0.271. The van der Waals surface area contributed by atoms with E-state index in [0.29, 0.717) is 35.1 Å². The Morgan fingerprint density at radius 1 is 0.336 bits per heavy atom. The van der Waals surface area contributed by atoms with Crippen molar-refractivity contribution >= 4 is 95.3 Å². The monoisotopic (exact) mass is 1740 g/mol. The summed E-state index contributed by atoms with van der Waals surface area (Å²) in [7, 11) is 2.48. The largest absolute Gasteiger partial charge is 0.480 e. The van der Waals surface area contributed by atoms with Gasteiger partial charge >= 0.3 is 48.0 Å². The van der Waals surface area contributed by atoms with Crippen LogP contribution < -0.4 is 21.3 Å². The molecule has 0 aliphatic carbocycles. The van der Waals surface area contributed by atoms with E-state index in [2.05, 4.69) is 21.3 Å². The number of methoxy groups -OCH3 is 2. The minimum absolute atomic E-state index is 0.0340. The number of fused-ring (bicyclic) bond motifs is 4.